The molecule has 0 radical (unpaired) electrons. The molecule has 0 bridgehead atoms. The number of ether oxygens (including phenoxy) is 1. The number of carbonyl (C=O) groups excluding carboxylic acids is 1. The third-order valence-corrected chi connectivity index (χ3v) is 10.7. The van der Waals surface area contributed by atoms with Crippen LogP contribution < -0.4 is 19.7 Å². The molecule has 2 atom stereocenters. The van der Waals surface area contributed by atoms with Gasteiger partial charge in [-0.05, 0) is 81.5 Å². The van der Waals surface area contributed by atoms with Gasteiger partial charge in [-0.3, -0.25) is 18.2 Å². The molecule has 0 saturated carbocycles. The maximum atomic E-state index is 14.0. The lowest BCUT2D eigenvalue weighted by Crippen LogP contribution is -2.51. The summed E-state index contributed by atoms with van der Waals surface area (Å²) < 4.78 is 31.1. The van der Waals surface area contributed by atoms with Crippen LogP contribution in [0.15, 0.2) is 79.0 Å². The second-order valence-corrected chi connectivity index (χ2v) is 14.4. The summed E-state index contributed by atoms with van der Waals surface area (Å²) >= 11 is 0. The summed E-state index contributed by atoms with van der Waals surface area (Å²) in [5, 5.41) is 19.0. The Morgan fingerprint density at radius 3 is 2.53 bits per heavy atom. The van der Waals surface area contributed by atoms with E-state index in [0.717, 1.165) is 40.6 Å². The molecule has 0 spiro atoms. The van der Waals surface area contributed by atoms with Gasteiger partial charge in [0, 0.05) is 42.3 Å². The molecule has 5 rings (SSSR count). The van der Waals surface area contributed by atoms with Crippen molar-refractivity contribution >= 4 is 33.3 Å². The van der Waals surface area contributed by atoms with Crippen molar-refractivity contribution in [1.29, 1.82) is 0 Å². The Kier molecular flexibility index (Phi) is 10.1. The molecule has 4 aromatic rings. The van der Waals surface area contributed by atoms with E-state index in [0.29, 0.717) is 36.5 Å². The van der Waals surface area contributed by atoms with Crippen molar-refractivity contribution in [3.63, 3.8) is 0 Å². The quantitative estimate of drug-likeness (QED) is 0.127. The van der Waals surface area contributed by atoms with Gasteiger partial charge in [0.15, 0.2) is 0 Å². The lowest BCUT2D eigenvalue weighted by molar-refractivity contribution is 0.0814. The number of hydrogen-bond acceptors (Lipinski definition) is 7. The van der Waals surface area contributed by atoms with Crippen molar-refractivity contribution in [3.8, 4) is 5.75 Å². The fraction of sp³-hybridized carbons (Fsp3) is 0.400. The standard InChI is InChI=1S/C35H46N4O5S/c1-5-38-18-16-29-31(38)21-26(22-32(29)39-17-9-10-19-45(39,42)43)34(41)37-30(20-25-12-7-6-8-13-25)33(40)24-36-35(2,3)27-14-11-15-28(23-27)44-4/h6-8,11-16,18,21-23,30,33,36,40,42-43H,5,9-10,17,19-20,24H2,1-4H3,(H,37,41)/t30-,33-/m0/s1. The predicted octanol–water partition coefficient (Wildman–Crippen LogP) is 6.16. The number of fused-ring (bicyclic) bond motifs is 1. The van der Waals surface area contributed by atoms with Gasteiger partial charge in [0.1, 0.15) is 5.75 Å². The highest BCUT2D eigenvalue weighted by Crippen LogP contribution is 2.51. The third kappa shape index (κ3) is 7.48. The van der Waals surface area contributed by atoms with E-state index in [9.17, 15) is 19.0 Å². The van der Waals surface area contributed by atoms with Gasteiger partial charge in [-0.15, -0.1) is 10.8 Å². The average Bonchev–Trinajstić information content (AvgIpc) is 3.46. The molecule has 10 heteroatoms. The van der Waals surface area contributed by atoms with Crippen molar-refractivity contribution in [2.45, 2.75) is 64.3 Å². The zero-order valence-electron chi connectivity index (χ0n) is 26.6. The highest BCUT2D eigenvalue weighted by atomic mass is 32.3. The first kappa shape index (κ1) is 32.8. The maximum absolute atomic E-state index is 14.0. The van der Waals surface area contributed by atoms with Crippen LogP contribution in [0.4, 0.5) is 5.69 Å². The zero-order chi connectivity index (χ0) is 32.2. The number of amides is 1. The Morgan fingerprint density at radius 2 is 1.82 bits per heavy atom. The van der Waals surface area contributed by atoms with E-state index in [1.54, 1.807) is 17.5 Å². The van der Waals surface area contributed by atoms with E-state index in [2.05, 4.69) is 10.6 Å². The molecule has 1 fully saturated rings. The molecular formula is C35H46N4O5S. The Morgan fingerprint density at radius 1 is 1.04 bits per heavy atom. The molecule has 1 aliphatic rings. The van der Waals surface area contributed by atoms with Crippen molar-refractivity contribution < 1.29 is 23.7 Å². The molecule has 1 amide bonds. The monoisotopic (exact) mass is 634 g/mol. The molecular weight excluding hydrogens is 588 g/mol. The van der Waals surface area contributed by atoms with Gasteiger partial charge in [0.05, 0.1) is 36.2 Å². The Bertz CT molecular complexity index is 1610. The number of aromatic nitrogens is 1. The number of aliphatic hydroxyl groups is 1. The number of anilines is 1. The Hall–Kier alpha value is -3.54. The van der Waals surface area contributed by atoms with Crippen LogP contribution in [-0.4, -0.2) is 62.8 Å². The summed E-state index contributed by atoms with van der Waals surface area (Å²) in [4.78, 5) is 14.0. The predicted molar refractivity (Wildman–Crippen MR) is 183 cm³/mol. The van der Waals surface area contributed by atoms with Crippen LogP contribution >= 0.6 is 10.8 Å². The summed E-state index contributed by atoms with van der Waals surface area (Å²) in [6.45, 7) is 7.57. The second-order valence-electron chi connectivity index (χ2n) is 12.3. The fourth-order valence-electron chi connectivity index (χ4n) is 5.99. The number of carbonyl (C=O) groups is 1. The number of benzene rings is 3. The van der Waals surface area contributed by atoms with Gasteiger partial charge in [-0.1, -0.05) is 42.5 Å². The molecule has 9 nitrogen and oxygen atoms in total. The second kappa shape index (κ2) is 13.8. The first-order valence-corrected chi connectivity index (χ1v) is 17.3. The minimum absolute atomic E-state index is 0.236. The van der Waals surface area contributed by atoms with Crippen LogP contribution in [0.2, 0.25) is 0 Å². The van der Waals surface area contributed by atoms with E-state index < -0.39 is 28.5 Å². The van der Waals surface area contributed by atoms with Gasteiger partial charge in [0.2, 0.25) is 0 Å². The van der Waals surface area contributed by atoms with Crippen molar-refractivity contribution in [3.05, 3.63) is 95.7 Å². The minimum Gasteiger partial charge on any atom is -0.497 e. The van der Waals surface area contributed by atoms with Crippen LogP contribution in [0.25, 0.3) is 10.9 Å². The smallest absolute Gasteiger partial charge is 0.251 e. The maximum Gasteiger partial charge on any atom is 0.251 e. The van der Waals surface area contributed by atoms with E-state index >= 15 is 0 Å². The number of hydrogen-bond donors (Lipinski definition) is 5. The fourth-order valence-corrected chi connectivity index (χ4v) is 7.69. The normalized spacial score (nSPS) is 17.1. The van der Waals surface area contributed by atoms with E-state index in [1.165, 1.54) is 0 Å². The number of methoxy groups -OCH3 is 1. The summed E-state index contributed by atoms with van der Waals surface area (Å²) in [5.41, 5.74) is 3.43. The summed E-state index contributed by atoms with van der Waals surface area (Å²) in [5.74, 6) is 0.736. The molecule has 242 valence electrons. The Balaban J connectivity index is 1.42. The molecule has 2 heterocycles. The number of aliphatic hydroxyl groups excluding tert-OH is 1. The van der Waals surface area contributed by atoms with E-state index in [1.807, 2.05) is 98.3 Å². The van der Waals surface area contributed by atoms with Crippen LogP contribution in [-0.2, 0) is 18.5 Å². The molecule has 5 N–H and O–H groups in total. The van der Waals surface area contributed by atoms with Gasteiger partial charge in [0.25, 0.3) is 5.91 Å². The summed E-state index contributed by atoms with van der Waals surface area (Å²) in [6.07, 6.45) is 3.08. The van der Waals surface area contributed by atoms with E-state index in [4.69, 9.17) is 4.74 Å². The Labute approximate surface area is 267 Å². The summed E-state index contributed by atoms with van der Waals surface area (Å²) in [7, 11) is -1.36. The molecule has 45 heavy (non-hydrogen) atoms. The van der Waals surface area contributed by atoms with Gasteiger partial charge in [-0.25, -0.2) is 0 Å². The molecule has 0 aliphatic carbocycles. The van der Waals surface area contributed by atoms with E-state index in [-0.39, 0.29) is 12.5 Å². The van der Waals surface area contributed by atoms with Crippen molar-refractivity contribution in [2.24, 2.45) is 0 Å². The first-order chi connectivity index (χ1) is 21.5. The molecule has 0 unspecified atom stereocenters. The first-order valence-electron chi connectivity index (χ1n) is 15.6. The third-order valence-electron chi connectivity index (χ3n) is 8.74. The minimum atomic E-state index is -3.00. The summed E-state index contributed by atoms with van der Waals surface area (Å²) in [6, 6.07) is 22.6. The van der Waals surface area contributed by atoms with Gasteiger partial charge in [-0.2, -0.15) is 0 Å². The SMILES string of the molecule is CCn1ccc2c(N3CCCCS3(O)O)cc(C(=O)N[C@@H](Cc3ccccc3)[C@@H](O)CNC(C)(C)c3cccc(OC)c3)cc21. The molecule has 1 aliphatic heterocycles. The van der Waals surface area contributed by atoms with Crippen LogP contribution in [0.1, 0.15) is 55.1 Å². The van der Waals surface area contributed by atoms with Crippen LogP contribution in [0.5, 0.6) is 5.75 Å². The van der Waals surface area contributed by atoms with Crippen LogP contribution in [0, 0.1) is 0 Å². The lowest BCUT2D eigenvalue weighted by Gasteiger charge is -2.47. The topological polar surface area (TPSA) is 119 Å². The van der Waals surface area contributed by atoms with Crippen molar-refractivity contribution in [2.75, 3.05) is 30.3 Å². The molecule has 1 aromatic heterocycles. The largest absolute Gasteiger partial charge is 0.497 e. The van der Waals surface area contributed by atoms with Crippen molar-refractivity contribution in [1.82, 2.24) is 15.2 Å². The van der Waals surface area contributed by atoms with Gasteiger partial charge >= 0.3 is 0 Å². The average molecular weight is 635 g/mol. The van der Waals surface area contributed by atoms with Crippen LogP contribution in [0.3, 0.4) is 0 Å². The van der Waals surface area contributed by atoms with Gasteiger partial charge < -0.3 is 25.0 Å². The highest BCUT2D eigenvalue weighted by Gasteiger charge is 2.31. The molecule has 1 saturated heterocycles. The number of nitrogens with one attached hydrogen (secondary N) is 2. The lowest BCUT2D eigenvalue weighted by atomic mass is 9.93. The highest BCUT2D eigenvalue weighted by molar-refractivity contribution is 8.25. The number of aryl methyl sites for hydroxylation is 1. The number of nitrogens with zero attached hydrogens (tertiary/aromatic N) is 2. The number of rotatable bonds is 12. The zero-order valence-corrected chi connectivity index (χ0v) is 27.4. The molecule has 3 aromatic carbocycles.